The van der Waals surface area contributed by atoms with Gasteiger partial charge in [-0.3, -0.25) is 4.68 Å². The average Bonchev–Trinajstić information content (AvgIpc) is 3.81. The van der Waals surface area contributed by atoms with Gasteiger partial charge in [0.15, 0.2) is 0 Å². The Morgan fingerprint density at radius 2 is 1.86 bits per heavy atom. The van der Waals surface area contributed by atoms with Gasteiger partial charge in [-0.05, 0) is 79.5 Å². The van der Waals surface area contributed by atoms with E-state index >= 15 is 0 Å². The number of hydrogen-bond acceptors (Lipinski definition) is 7. The molecule has 3 heterocycles. The molecular formula is C40H40ClN3O5S. The number of ether oxygens (including phenoxy) is 3. The fourth-order valence-electron chi connectivity index (χ4n) is 7.11. The second-order valence-corrected chi connectivity index (χ2v) is 13.9. The van der Waals surface area contributed by atoms with Crippen molar-refractivity contribution in [1.29, 1.82) is 0 Å². The number of halogens is 1. The van der Waals surface area contributed by atoms with Gasteiger partial charge in [0.25, 0.3) is 0 Å². The van der Waals surface area contributed by atoms with Gasteiger partial charge in [-0.2, -0.15) is 5.10 Å². The first-order valence-electron chi connectivity index (χ1n) is 17.0. The highest BCUT2D eigenvalue weighted by molar-refractivity contribution is 7.98. The van der Waals surface area contributed by atoms with Crippen molar-refractivity contribution in [3.05, 3.63) is 106 Å². The Labute approximate surface area is 300 Å². The van der Waals surface area contributed by atoms with Crippen LogP contribution in [0.5, 0.6) is 11.5 Å². The van der Waals surface area contributed by atoms with Crippen molar-refractivity contribution in [2.75, 3.05) is 20.3 Å². The molecule has 0 unspecified atom stereocenters. The van der Waals surface area contributed by atoms with Crippen molar-refractivity contribution in [2.45, 2.75) is 56.4 Å². The molecule has 0 saturated heterocycles. The number of fused-ring (bicyclic) bond motifs is 3. The summed E-state index contributed by atoms with van der Waals surface area (Å²) in [5.41, 5.74) is 6.77. The minimum atomic E-state index is -0.376. The molecule has 0 atom stereocenters. The summed E-state index contributed by atoms with van der Waals surface area (Å²) in [7, 11) is 3.56. The lowest BCUT2D eigenvalue weighted by Crippen LogP contribution is -2.13. The number of thioether (sulfide) groups is 1. The Morgan fingerprint density at radius 3 is 2.64 bits per heavy atom. The number of benzene rings is 4. The summed E-state index contributed by atoms with van der Waals surface area (Å²) >= 11 is 8.72. The molecule has 2 aromatic heterocycles. The van der Waals surface area contributed by atoms with E-state index in [9.17, 15) is 9.90 Å². The second kappa shape index (κ2) is 14.8. The van der Waals surface area contributed by atoms with Gasteiger partial charge in [0.2, 0.25) is 0 Å². The van der Waals surface area contributed by atoms with Crippen LogP contribution in [0.15, 0.2) is 77.7 Å². The maximum atomic E-state index is 13.5. The van der Waals surface area contributed by atoms with Gasteiger partial charge < -0.3 is 23.9 Å². The van der Waals surface area contributed by atoms with Gasteiger partial charge in [0.1, 0.15) is 17.2 Å². The fourth-order valence-corrected chi connectivity index (χ4v) is 8.28. The van der Waals surface area contributed by atoms with Gasteiger partial charge >= 0.3 is 5.97 Å². The molecule has 1 aliphatic rings. The first-order chi connectivity index (χ1) is 24.4. The SMILES string of the molecule is CCOC(=O)c1c(CCCOc2cc(SCc3ccc(OC)cc3)cc3ccccc23)c2ccc(Cl)c(-c3c(CO)nn4c3CCC4)c2n1C. The summed E-state index contributed by atoms with van der Waals surface area (Å²) in [4.78, 5) is 14.6. The van der Waals surface area contributed by atoms with Crippen LogP contribution in [0.25, 0.3) is 32.8 Å². The number of hydrogen-bond donors (Lipinski definition) is 1. The molecule has 258 valence electrons. The first-order valence-corrected chi connectivity index (χ1v) is 18.4. The quantitative estimate of drug-likeness (QED) is 0.0729. The smallest absolute Gasteiger partial charge is 0.355 e. The molecule has 0 spiro atoms. The van der Waals surface area contributed by atoms with Gasteiger partial charge in [0.05, 0.1) is 43.2 Å². The molecule has 1 N–H and O–H groups in total. The van der Waals surface area contributed by atoms with E-state index in [4.69, 9.17) is 30.9 Å². The molecule has 8 nitrogen and oxygen atoms in total. The van der Waals surface area contributed by atoms with Crippen LogP contribution in [-0.2, 0) is 43.5 Å². The summed E-state index contributed by atoms with van der Waals surface area (Å²) in [5.74, 6) is 2.14. The summed E-state index contributed by atoms with van der Waals surface area (Å²) in [5, 5.41) is 18.6. The van der Waals surface area contributed by atoms with Crippen molar-refractivity contribution in [3.63, 3.8) is 0 Å². The monoisotopic (exact) mass is 709 g/mol. The van der Waals surface area contributed by atoms with Gasteiger partial charge in [-0.1, -0.05) is 54.1 Å². The zero-order chi connectivity index (χ0) is 34.8. The maximum absolute atomic E-state index is 13.5. The molecule has 7 rings (SSSR count). The highest BCUT2D eigenvalue weighted by Gasteiger charge is 2.30. The van der Waals surface area contributed by atoms with Crippen LogP contribution in [0.3, 0.4) is 0 Å². The minimum Gasteiger partial charge on any atom is -0.497 e. The van der Waals surface area contributed by atoms with Crippen LogP contribution in [0.2, 0.25) is 5.02 Å². The molecule has 0 amide bonds. The second-order valence-electron chi connectivity index (χ2n) is 12.4. The Bertz CT molecular complexity index is 2190. The number of aryl methyl sites for hydroxylation is 3. The lowest BCUT2D eigenvalue weighted by molar-refractivity contribution is 0.0514. The number of carbonyl (C=O) groups excluding carboxylic acids is 1. The molecule has 1 aliphatic heterocycles. The Hall–Kier alpha value is -4.44. The van der Waals surface area contributed by atoms with E-state index in [1.54, 1.807) is 18.9 Å². The van der Waals surface area contributed by atoms with Crippen LogP contribution in [0, 0.1) is 0 Å². The maximum Gasteiger partial charge on any atom is 0.355 e. The highest BCUT2D eigenvalue weighted by Crippen LogP contribution is 2.43. The lowest BCUT2D eigenvalue weighted by atomic mass is 9.97. The van der Waals surface area contributed by atoms with Crippen molar-refractivity contribution >= 4 is 51.0 Å². The first kappa shape index (κ1) is 34.0. The Kier molecular flexibility index (Phi) is 10.1. The number of aromatic nitrogens is 3. The normalized spacial score (nSPS) is 12.5. The largest absolute Gasteiger partial charge is 0.497 e. The summed E-state index contributed by atoms with van der Waals surface area (Å²) in [6.07, 6.45) is 3.10. The third kappa shape index (κ3) is 6.45. The molecule has 0 saturated carbocycles. The fraction of sp³-hybridized carbons (Fsp3) is 0.300. The number of rotatable bonds is 13. The van der Waals surface area contributed by atoms with Gasteiger partial charge in [-0.15, -0.1) is 11.8 Å². The molecular weight excluding hydrogens is 670 g/mol. The molecule has 50 heavy (non-hydrogen) atoms. The topological polar surface area (TPSA) is 87.7 Å². The van der Waals surface area contributed by atoms with Crippen LogP contribution >= 0.6 is 23.4 Å². The van der Waals surface area contributed by atoms with Crippen LogP contribution in [0.1, 0.15) is 52.8 Å². The van der Waals surface area contributed by atoms with E-state index in [-0.39, 0.29) is 19.2 Å². The van der Waals surface area contributed by atoms with Crippen molar-refractivity contribution in [3.8, 4) is 22.6 Å². The number of nitrogens with zero attached hydrogens (tertiary/aromatic N) is 3. The molecule has 4 aromatic carbocycles. The number of aliphatic hydroxyl groups excluding tert-OH is 1. The lowest BCUT2D eigenvalue weighted by Gasteiger charge is -2.13. The number of methoxy groups -OCH3 is 1. The van der Waals surface area contributed by atoms with Crippen molar-refractivity contribution < 1.29 is 24.1 Å². The van der Waals surface area contributed by atoms with E-state index in [0.717, 1.165) is 85.6 Å². The van der Waals surface area contributed by atoms with Gasteiger partial charge in [0, 0.05) is 51.8 Å². The standard InChI is InChI=1S/C40H40ClN3O5S/c1-4-48-40(46)39-30(31-17-18-32(41)36(38(31)43(39)2)37-33(23-45)42-44-19-7-12-34(37)44)11-8-20-49-35-22-28(21-26-9-5-6-10-29(26)35)50-24-25-13-15-27(47-3)16-14-25/h5-6,9-10,13-18,21-22,45H,4,7-8,11-12,19-20,23-24H2,1-3H3. The third-order valence-corrected chi connectivity index (χ3v) is 10.7. The predicted octanol–water partition coefficient (Wildman–Crippen LogP) is 8.78. The number of carbonyl (C=O) groups is 1. The molecule has 0 aliphatic carbocycles. The zero-order valence-electron chi connectivity index (χ0n) is 28.5. The van der Waals surface area contributed by atoms with Crippen LogP contribution < -0.4 is 9.47 Å². The van der Waals surface area contributed by atoms with Crippen molar-refractivity contribution in [2.24, 2.45) is 7.05 Å². The average molecular weight is 710 g/mol. The zero-order valence-corrected chi connectivity index (χ0v) is 30.1. The summed E-state index contributed by atoms with van der Waals surface area (Å²) in [6, 6.07) is 24.6. The van der Waals surface area contributed by atoms with Crippen LogP contribution in [-0.4, -0.2) is 45.7 Å². The van der Waals surface area contributed by atoms with E-state index in [0.29, 0.717) is 35.9 Å². The van der Waals surface area contributed by atoms with Gasteiger partial charge in [-0.25, -0.2) is 4.79 Å². The van der Waals surface area contributed by atoms with E-state index in [1.165, 1.54) is 5.56 Å². The molecule has 0 fully saturated rings. The number of aliphatic hydroxyl groups is 1. The third-order valence-electron chi connectivity index (χ3n) is 9.38. The minimum absolute atomic E-state index is 0.197. The van der Waals surface area contributed by atoms with E-state index < -0.39 is 0 Å². The summed E-state index contributed by atoms with van der Waals surface area (Å²) in [6.45, 7) is 3.15. The summed E-state index contributed by atoms with van der Waals surface area (Å²) < 4.78 is 21.3. The van der Waals surface area contributed by atoms with E-state index in [1.807, 2.05) is 59.6 Å². The molecule has 0 bridgehead atoms. The van der Waals surface area contributed by atoms with Crippen molar-refractivity contribution in [1.82, 2.24) is 14.3 Å². The van der Waals surface area contributed by atoms with E-state index in [2.05, 4.69) is 36.4 Å². The molecule has 10 heteroatoms. The Balaban J connectivity index is 1.17. The molecule has 0 radical (unpaired) electrons. The molecule has 6 aromatic rings. The highest BCUT2D eigenvalue weighted by atomic mass is 35.5. The predicted molar refractivity (Wildman–Crippen MR) is 200 cm³/mol. The number of esters is 1. The Morgan fingerprint density at radius 1 is 1.04 bits per heavy atom. The van der Waals surface area contributed by atoms with Crippen LogP contribution in [0.4, 0.5) is 0 Å².